The lowest BCUT2D eigenvalue weighted by molar-refractivity contribution is -0.120. The van der Waals surface area contributed by atoms with Gasteiger partial charge in [0.25, 0.3) is 0 Å². The number of ether oxygens (including phenoxy) is 2. The molecule has 6 nitrogen and oxygen atoms in total. The van der Waals surface area contributed by atoms with Crippen LogP contribution in [0, 0.1) is 0 Å². The fourth-order valence-electron chi connectivity index (χ4n) is 2.77. The summed E-state index contributed by atoms with van der Waals surface area (Å²) in [4.78, 5) is 24.5. The Morgan fingerprint density at radius 1 is 1.00 bits per heavy atom. The van der Waals surface area contributed by atoms with Crippen LogP contribution in [0.15, 0.2) is 71.8 Å². The van der Waals surface area contributed by atoms with Gasteiger partial charge in [0.2, 0.25) is 5.91 Å². The minimum absolute atomic E-state index is 0.185. The first-order valence-electron chi connectivity index (χ1n) is 9.76. The third-order valence-corrected chi connectivity index (χ3v) is 4.78. The zero-order chi connectivity index (χ0) is 22.9. The van der Waals surface area contributed by atoms with Crippen LogP contribution >= 0.6 is 23.2 Å². The fourth-order valence-corrected chi connectivity index (χ4v) is 3.25. The molecule has 8 heteroatoms. The molecule has 3 aromatic carbocycles. The Kier molecular flexibility index (Phi) is 8.25. The van der Waals surface area contributed by atoms with Crippen molar-refractivity contribution in [1.29, 1.82) is 0 Å². The topological polar surface area (TPSA) is 77.0 Å². The molecule has 0 aromatic heterocycles. The minimum atomic E-state index is -0.637. The highest BCUT2D eigenvalue weighted by molar-refractivity contribution is 6.36. The van der Waals surface area contributed by atoms with Crippen LogP contribution in [0.1, 0.15) is 28.4 Å². The van der Waals surface area contributed by atoms with E-state index in [2.05, 4.69) is 10.5 Å². The Balaban J connectivity index is 1.67. The van der Waals surface area contributed by atoms with Crippen molar-refractivity contribution >= 4 is 41.3 Å². The van der Waals surface area contributed by atoms with Gasteiger partial charge in [0.05, 0.1) is 29.8 Å². The second kappa shape index (κ2) is 11.3. The number of hydrogen-bond donors (Lipinski definition) is 1. The maximum Gasteiger partial charge on any atom is 0.345 e. The van der Waals surface area contributed by atoms with Gasteiger partial charge in [-0.25, -0.2) is 10.2 Å². The summed E-state index contributed by atoms with van der Waals surface area (Å²) >= 11 is 12.0. The van der Waals surface area contributed by atoms with E-state index in [0.717, 1.165) is 5.56 Å². The van der Waals surface area contributed by atoms with E-state index in [0.29, 0.717) is 22.9 Å². The molecular weight excluding hydrogens is 451 g/mol. The van der Waals surface area contributed by atoms with Crippen molar-refractivity contribution in [2.45, 2.75) is 13.3 Å². The van der Waals surface area contributed by atoms with Crippen LogP contribution in [0.5, 0.6) is 11.5 Å². The summed E-state index contributed by atoms with van der Waals surface area (Å²) in [5, 5.41) is 4.59. The molecule has 0 atom stereocenters. The van der Waals surface area contributed by atoms with Crippen LogP contribution in [0.2, 0.25) is 10.0 Å². The molecule has 3 aromatic rings. The van der Waals surface area contributed by atoms with E-state index in [1.54, 1.807) is 24.3 Å². The molecule has 0 saturated heterocycles. The monoisotopic (exact) mass is 470 g/mol. The van der Waals surface area contributed by atoms with Gasteiger partial charge in [0.15, 0.2) is 11.5 Å². The predicted molar refractivity (Wildman–Crippen MR) is 125 cm³/mol. The Bertz CT molecular complexity index is 1130. The molecule has 3 rings (SSSR count). The molecule has 0 aliphatic carbocycles. The summed E-state index contributed by atoms with van der Waals surface area (Å²) in [6.45, 7) is 2.17. The van der Waals surface area contributed by atoms with Crippen molar-refractivity contribution in [2.24, 2.45) is 5.10 Å². The van der Waals surface area contributed by atoms with Gasteiger partial charge in [-0.3, -0.25) is 4.79 Å². The van der Waals surface area contributed by atoms with Crippen LogP contribution in [-0.4, -0.2) is 24.7 Å². The molecule has 0 spiro atoms. The Morgan fingerprint density at radius 2 is 1.78 bits per heavy atom. The van der Waals surface area contributed by atoms with Gasteiger partial charge in [0, 0.05) is 5.02 Å². The Morgan fingerprint density at radius 3 is 2.50 bits per heavy atom. The zero-order valence-corrected chi connectivity index (χ0v) is 18.7. The van der Waals surface area contributed by atoms with E-state index < -0.39 is 5.97 Å². The predicted octanol–water partition coefficient (Wildman–Crippen LogP) is 5.30. The van der Waals surface area contributed by atoms with Crippen LogP contribution in [-0.2, 0) is 11.2 Å². The van der Waals surface area contributed by atoms with Crippen LogP contribution in [0.4, 0.5) is 0 Å². The molecule has 32 heavy (non-hydrogen) atoms. The average Bonchev–Trinajstić information content (AvgIpc) is 2.76. The average molecular weight is 471 g/mol. The molecule has 1 N–H and O–H groups in total. The molecule has 0 aliphatic heterocycles. The lowest BCUT2D eigenvalue weighted by Gasteiger charge is -2.12. The molecule has 1 amide bonds. The van der Waals surface area contributed by atoms with Crippen molar-refractivity contribution in [3.63, 3.8) is 0 Å². The minimum Gasteiger partial charge on any atom is -0.490 e. The number of benzene rings is 3. The Hall–Kier alpha value is -3.35. The van der Waals surface area contributed by atoms with Gasteiger partial charge in [-0.05, 0) is 54.4 Å². The van der Waals surface area contributed by atoms with Crippen LogP contribution in [0.25, 0.3) is 0 Å². The van der Waals surface area contributed by atoms with Gasteiger partial charge in [-0.1, -0.05) is 53.5 Å². The number of carbonyl (C=O) groups is 2. The summed E-state index contributed by atoms with van der Waals surface area (Å²) in [5.41, 5.74) is 4.22. The van der Waals surface area contributed by atoms with Crippen molar-refractivity contribution in [3.8, 4) is 11.5 Å². The highest BCUT2D eigenvalue weighted by Crippen LogP contribution is 2.30. The normalized spacial score (nSPS) is 10.7. The van der Waals surface area contributed by atoms with Crippen LogP contribution < -0.4 is 14.9 Å². The third-order valence-electron chi connectivity index (χ3n) is 4.23. The molecule has 0 saturated carbocycles. The van der Waals surface area contributed by atoms with Crippen molar-refractivity contribution in [2.75, 3.05) is 6.61 Å². The van der Waals surface area contributed by atoms with Crippen molar-refractivity contribution in [1.82, 2.24) is 5.43 Å². The van der Waals surface area contributed by atoms with Crippen molar-refractivity contribution in [3.05, 3.63) is 93.5 Å². The number of hydrogen-bond acceptors (Lipinski definition) is 5. The second-order valence-corrected chi connectivity index (χ2v) is 7.45. The first-order chi connectivity index (χ1) is 15.5. The molecular formula is C24H20Cl2N2O4. The number of esters is 1. The first kappa shape index (κ1) is 23.3. The quantitative estimate of drug-likeness (QED) is 0.209. The summed E-state index contributed by atoms with van der Waals surface area (Å²) in [6, 6.07) is 18.8. The van der Waals surface area contributed by atoms with Gasteiger partial charge in [-0.2, -0.15) is 5.10 Å². The zero-order valence-electron chi connectivity index (χ0n) is 17.2. The van der Waals surface area contributed by atoms with Gasteiger partial charge in [0.1, 0.15) is 0 Å². The molecule has 0 heterocycles. The van der Waals surface area contributed by atoms with Crippen molar-refractivity contribution < 1.29 is 19.1 Å². The summed E-state index contributed by atoms with van der Waals surface area (Å²) < 4.78 is 11.1. The lowest BCUT2D eigenvalue weighted by Crippen LogP contribution is -2.19. The number of nitrogens with zero attached hydrogens (tertiary/aromatic N) is 1. The number of halogens is 2. The number of amides is 1. The van der Waals surface area contributed by atoms with E-state index in [1.165, 1.54) is 18.3 Å². The van der Waals surface area contributed by atoms with E-state index in [4.69, 9.17) is 32.7 Å². The summed E-state index contributed by atoms with van der Waals surface area (Å²) in [7, 11) is 0. The first-order valence-corrected chi connectivity index (χ1v) is 10.5. The van der Waals surface area contributed by atoms with E-state index in [-0.39, 0.29) is 28.7 Å². The maximum atomic E-state index is 12.5. The summed E-state index contributed by atoms with van der Waals surface area (Å²) in [6.07, 6.45) is 1.71. The van der Waals surface area contributed by atoms with E-state index in [1.807, 2.05) is 37.3 Å². The second-order valence-electron chi connectivity index (χ2n) is 6.61. The van der Waals surface area contributed by atoms with Gasteiger partial charge < -0.3 is 9.47 Å². The lowest BCUT2D eigenvalue weighted by atomic mass is 10.1. The number of hydrazone groups is 1. The van der Waals surface area contributed by atoms with Gasteiger partial charge >= 0.3 is 5.97 Å². The number of carbonyl (C=O) groups excluding carboxylic acids is 2. The largest absolute Gasteiger partial charge is 0.490 e. The van der Waals surface area contributed by atoms with Gasteiger partial charge in [-0.15, -0.1) is 0 Å². The molecule has 0 fully saturated rings. The van der Waals surface area contributed by atoms with E-state index in [9.17, 15) is 9.59 Å². The summed E-state index contributed by atoms with van der Waals surface area (Å²) in [5.74, 6) is -0.288. The highest BCUT2D eigenvalue weighted by Gasteiger charge is 2.16. The molecule has 0 radical (unpaired) electrons. The maximum absolute atomic E-state index is 12.5. The molecule has 164 valence electrons. The highest BCUT2D eigenvalue weighted by atomic mass is 35.5. The molecule has 0 unspecified atom stereocenters. The standard InChI is InChI=1S/C24H20Cl2N2O4/c1-2-31-22-12-17(15-27-28-23(29)13-16-6-4-3-5-7-16)8-11-21(22)32-24(30)19-10-9-18(25)14-20(19)26/h3-12,14-15H,2,13H2,1H3,(H,28,29)/b27-15+. The molecule has 0 bridgehead atoms. The van der Waals surface area contributed by atoms with E-state index >= 15 is 0 Å². The SMILES string of the molecule is CCOc1cc(/C=N/NC(=O)Cc2ccccc2)ccc1OC(=O)c1ccc(Cl)cc1Cl. The fraction of sp³-hybridized carbons (Fsp3) is 0.125. The smallest absolute Gasteiger partial charge is 0.345 e. The number of nitrogens with one attached hydrogen (secondary N) is 1. The molecule has 0 aliphatic rings. The van der Waals surface area contributed by atoms with Crippen LogP contribution in [0.3, 0.4) is 0 Å². The third kappa shape index (κ3) is 6.57. The Labute approximate surface area is 195 Å². The number of rotatable bonds is 8.